The molecule has 22 heavy (non-hydrogen) atoms. The number of H-pyrrole nitrogens is 1. The van der Waals surface area contributed by atoms with Crippen LogP contribution in [0.25, 0.3) is 34.5 Å². The van der Waals surface area contributed by atoms with E-state index in [0.717, 1.165) is 17.0 Å². The van der Waals surface area contributed by atoms with Crippen molar-refractivity contribution in [2.45, 2.75) is 0 Å². The minimum absolute atomic E-state index is 0.352. The Kier molecular flexibility index (Phi) is 2.93. The SMILES string of the molecule is c1cnc(-c2noc(-c3ccccc3-c3ncc[nH]3)n2)nc1. The van der Waals surface area contributed by atoms with Gasteiger partial charge in [0.15, 0.2) is 0 Å². The normalized spacial score (nSPS) is 10.7. The maximum atomic E-state index is 5.36. The largest absolute Gasteiger partial charge is 0.345 e. The minimum Gasteiger partial charge on any atom is -0.345 e. The first-order valence-corrected chi connectivity index (χ1v) is 6.62. The Morgan fingerprint density at radius 2 is 1.64 bits per heavy atom. The minimum atomic E-state index is 0.352. The zero-order valence-corrected chi connectivity index (χ0v) is 11.3. The molecule has 0 atom stereocenters. The van der Waals surface area contributed by atoms with E-state index in [1.165, 1.54) is 0 Å². The van der Waals surface area contributed by atoms with Crippen LogP contribution in [0.1, 0.15) is 0 Å². The summed E-state index contributed by atoms with van der Waals surface area (Å²) in [6.07, 6.45) is 6.73. The van der Waals surface area contributed by atoms with E-state index in [1.54, 1.807) is 30.9 Å². The van der Waals surface area contributed by atoms with Gasteiger partial charge in [0, 0.05) is 30.4 Å². The van der Waals surface area contributed by atoms with Crippen LogP contribution in [-0.4, -0.2) is 30.1 Å². The number of nitrogens with one attached hydrogen (secondary N) is 1. The molecule has 0 amide bonds. The zero-order valence-electron chi connectivity index (χ0n) is 11.3. The monoisotopic (exact) mass is 290 g/mol. The summed E-state index contributed by atoms with van der Waals surface area (Å²) in [7, 11) is 0. The first-order chi connectivity index (χ1) is 10.9. The van der Waals surface area contributed by atoms with Gasteiger partial charge in [0.2, 0.25) is 11.6 Å². The fraction of sp³-hybridized carbons (Fsp3) is 0. The number of hydrogen-bond acceptors (Lipinski definition) is 6. The molecule has 3 aromatic heterocycles. The van der Waals surface area contributed by atoms with Crippen molar-refractivity contribution in [1.82, 2.24) is 30.1 Å². The average molecular weight is 290 g/mol. The van der Waals surface area contributed by atoms with Gasteiger partial charge in [-0.2, -0.15) is 4.98 Å². The molecule has 1 N–H and O–H groups in total. The second kappa shape index (κ2) is 5.21. The summed E-state index contributed by atoms with van der Waals surface area (Å²) in [5, 5.41) is 3.94. The molecule has 7 nitrogen and oxygen atoms in total. The van der Waals surface area contributed by atoms with Gasteiger partial charge in [-0.05, 0) is 12.1 Å². The summed E-state index contributed by atoms with van der Waals surface area (Å²) in [5.74, 6) is 1.92. The van der Waals surface area contributed by atoms with Gasteiger partial charge in [-0.3, -0.25) is 0 Å². The third kappa shape index (κ3) is 2.14. The lowest BCUT2D eigenvalue weighted by molar-refractivity contribution is 0.432. The predicted octanol–water partition coefficient (Wildman–Crippen LogP) is 2.58. The molecule has 0 unspecified atom stereocenters. The number of imidazole rings is 1. The lowest BCUT2D eigenvalue weighted by Crippen LogP contribution is -1.89. The Bertz CT molecular complexity index is 885. The summed E-state index contributed by atoms with van der Waals surface area (Å²) >= 11 is 0. The van der Waals surface area contributed by atoms with Gasteiger partial charge in [-0.1, -0.05) is 23.4 Å². The second-order valence-corrected chi connectivity index (χ2v) is 4.48. The molecule has 0 saturated heterocycles. The molecular weight excluding hydrogens is 280 g/mol. The molecule has 3 heterocycles. The molecule has 4 rings (SSSR count). The van der Waals surface area contributed by atoms with Gasteiger partial charge in [0.25, 0.3) is 5.89 Å². The van der Waals surface area contributed by atoms with E-state index < -0.39 is 0 Å². The molecule has 1 aromatic carbocycles. The molecule has 0 aliphatic rings. The number of aromatic amines is 1. The lowest BCUT2D eigenvalue weighted by atomic mass is 10.1. The summed E-state index contributed by atoms with van der Waals surface area (Å²) in [6, 6.07) is 9.42. The van der Waals surface area contributed by atoms with Crippen LogP contribution in [0.15, 0.2) is 59.6 Å². The van der Waals surface area contributed by atoms with Crippen LogP contribution in [0.5, 0.6) is 0 Å². The van der Waals surface area contributed by atoms with Crippen molar-refractivity contribution < 1.29 is 4.52 Å². The van der Waals surface area contributed by atoms with E-state index in [9.17, 15) is 0 Å². The molecule has 0 radical (unpaired) electrons. The molecule has 0 bridgehead atoms. The topological polar surface area (TPSA) is 93.4 Å². The number of rotatable bonds is 3. The Morgan fingerprint density at radius 1 is 0.818 bits per heavy atom. The highest BCUT2D eigenvalue weighted by Crippen LogP contribution is 2.29. The molecule has 7 heteroatoms. The van der Waals surface area contributed by atoms with Crippen LogP contribution in [-0.2, 0) is 0 Å². The van der Waals surface area contributed by atoms with Crippen molar-refractivity contribution in [3.8, 4) is 34.5 Å². The van der Waals surface area contributed by atoms with Crippen LogP contribution < -0.4 is 0 Å². The third-order valence-corrected chi connectivity index (χ3v) is 3.10. The lowest BCUT2D eigenvalue weighted by Gasteiger charge is -2.02. The Morgan fingerprint density at radius 3 is 2.41 bits per heavy atom. The van der Waals surface area contributed by atoms with Gasteiger partial charge in [-0.15, -0.1) is 0 Å². The van der Waals surface area contributed by atoms with Crippen LogP contribution in [0.3, 0.4) is 0 Å². The van der Waals surface area contributed by atoms with E-state index in [2.05, 4.69) is 30.1 Å². The highest BCUT2D eigenvalue weighted by atomic mass is 16.5. The number of aromatic nitrogens is 6. The van der Waals surface area contributed by atoms with E-state index in [0.29, 0.717) is 17.5 Å². The summed E-state index contributed by atoms with van der Waals surface area (Å²) in [5.41, 5.74) is 1.68. The van der Waals surface area contributed by atoms with Crippen LogP contribution in [0.2, 0.25) is 0 Å². The van der Waals surface area contributed by atoms with Crippen LogP contribution in [0.4, 0.5) is 0 Å². The predicted molar refractivity (Wildman–Crippen MR) is 78.3 cm³/mol. The van der Waals surface area contributed by atoms with Crippen molar-refractivity contribution in [1.29, 1.82) is 0 Å². The fourth-order valence-electron chi connectivity index (χ4n) is 2.13. The Balaban J connectivity index is 1.80. The summed E-state index contributed by atoms with van der Waals surface area (Å²) in [4.78, 5) is 19.9. The maximum absolute atomic E-state index is 5.36. The summed E-state index contributed by atoms with van der Waals surface area (Å²) < 4.78 is 5.36. The zero-order chi connectivity index (χ0) is 14.8. The third-order valence-electron chi connectivity index (χ3n) is 3.10. The maximum Gasteiger partial charge on any atom is 0.259 e. The average Bonchev–Trinajstić information content (AvgIpc) is 3.28. The molecule has 0 fully saturated rings. The molecular formula is C15H10N6O. The molecule has 0 aliphatic carbocycles. The summed E-state index contributed by atoms with van der Waals surface area (Å²) in [6.45, 7) is 0. The van der Waals surface area contributed by atoms with Gasteiger partial charge < -0.3 is 9.51 Å². The van der Waals surface area contributed by atoms with Crippen molar-refractivity contribution in [2.24, 2.45) is 0 Å². The number of benzene rings is 1. The highest BCUT2D eigenvalue weighted by molar-refractivity contribution is 5.76. The van der Waals surface area contributed by atoms with Crippen molar-refractivity contribution in [2.75, 3.05) is 0 Å². The molecule has 0 saturated carbocycles. The van der Waals surface area contributed by atoms with Gasteiger partial charge in [0.1, 0.15) is 5.82 Å². The van der Waals surface area contributed by atoms with Gasteiger partial charge in [0.05, 0.1) is 5.56 Å². The van der Waals surface area contributed by atoms with Crippen molar-refractivity contribution in [3.05, 3.63) is 55.1 Å². The fourth-order valence-corrected chi connectivity index (χ4v) is 2.13. The molecule has 0 spiro atoms. The van der Waals surface area contributed by atoms with Crippen LogP contribution >= 0.6 is 0 Å². The van der Waals surface area contributed by atoms with Gasteiger partial charge >= 0.3 is 0 Å². The Hall–Kier alpha value is -3.35. The second-order valence-electron chi connectivity index (χ2n) is 4.48. The Labute approximate surface area is 125 Å². The van der Waals surface area contributed by atoms with Crippen molar-refractivity contribution in [3.63, 3.8) is 0 Å². The first-order valence-electron chi connectivity index (χ1n) is 6.62. The van der Waals surface area contributed by atoms with Crippen LogP contribution in [0, 0.1) is 0 Å². The van der Waals surface area contributed by atoms with Crippen molar-refractivity contribution >= 4 is 0 Å². The van der Waals surface area contributed by atoms with E-state index in [-0.39, 0.29) is 0 Å². The van der Waals surface area contributed by atoms with E-state index in [1.807, 2.05) is 24.3 Å². The highest BCUT2D eigenvalue weighted by Gasteiger charge is 2.16. The molecule has 0 aliphatic heterocycles. The molecule has 106 valence electrons. The first kappa shape index (κ1) is 12.4. The van der Waals surface area contributed by atoms with E-state index in [4.69, 9.17) is 4.52 Å². The number of nitrogens with zero attached hydrogens (tertiary/aromatic N) is 5. The smallest absolute Gasteiger partial charge is 0.259 e. The van der Waals surface area contributed by atoms with E-state index >= 15 is 0 Å². The quantitative estimate of drug-likeness (QED) is 0.623. The number of hydrogen-bond donors (Lipinski definition) is 1. The van der Waals surface area contributed by atoms with Gasteiger partial charge in [-0.25, -0.2) is 15.0 Å². The molecule has 4 aromatic rings. The standard InChI is InChI=1S/C15H10N6O/c1-2-5-11(10(4-1)12-18-8-9-19-12)15-20-14(21-22-15)13-16-6-3-7-17-13/h1-9H,(H,18,19).